The molecule has 130 valence electrons. The van der Waals surface area contributed by atoms with E-state index < -0.39 is 10.0 Å². The molecule has 0 radical (unpaired) electrons. The lowest BCUT2D eigenvalue weighted by Crippen LogP contribution is -2.23. The van der Waals surface area contributed by atoms with Gasteiger partial charge in [-0.2, -0.15) is 0 Å². The average Bonchev–Trinajstić information content (AvgIpc) is 2.46. The molecule has 0 amide bonds. The number of anilines is 1. The van der Waals surface area contributed by atoms with Gasteiger partial charge in [0.2, 0.25) is 10.0 Å². The predicted molar refractivity (Wildman–Crippen MR) is 89.9 cm³/mol. The van der Waals surface area contributed by atoms with Crippen LogP contribution in [0.5, 0.6) is 11.5 Å². The summed E-state index contributed by atoms with van der Waals surface area (Å²) < 4.78 is 42.8. The lowest BCUT2D eigenvalue weighted by Gasteiger charge is -2.24. The zero-order valence-electron chi connectivity index (χ0n) is 13.9. The Bertz CT molecular complexity index is 626. The third kappa shape index (κ3) is 5.00. The molecule has 0 heterocycles. The number of aryl methyl sites for hydroxylation is 1. The number of rotatable bonds is 9. The first-order valence-electron chi connectivity index (χ1n) is 7.76. The van der Waals surface area contributed by atoms with Crippen LogP contribution in [-0.4, -0.2) is 41.6 Å². The minimum Gasteiger partial charge on any atom is -0.493 e. The highest BCUT2D eigenvalue weighted by molar-refractivity contribution is 7.92. The number of sulfonamides is 1. The fraction of sp³-hybridized carbons (Fsp3) is 0.625. The van der Waals surface area contributed by atoms with Gasteiger partial charge < -0.3 is 14.2 Å². The van der Waals surface area contributed by atoms with E-state index in [9.17, 15) is 8.42 Å². The van der Waals surface area contributed by atoms with Crippen LogP contribution in [0.4, 0.5) is 5.69 Å². The van der Waals surface area contributed by atoms with Gasteiger partial charge >= 0.3 is 0 Å². The third-order valence-corrected chi connectivity index (χ3v) is 5.31. The first-order valence-corrected chi connectivity index (χ1v) is 9.41. The van der Waals surface area contributed by atoms with E-state index in [0.29, 0.717) is 29.7 Å². The fourth-order valence-corrected chi connectivity index (χ4v) is 3.38. The van der Waals surface area contributed by atoms with Crippen molar-refractivity contribution in [3.05, 3.63) is 17.7 Å². The van der Waals surface area contributed by atoms with E-state index in [1.54, 1.807) is 19.2 Å². The molecule has 1 N–H and O–H groups in total. The molecule has 23 heavy (non-hydrogen) atoms. The molecule has 1 fully saturated rings. The molecular weight excluding hydrogens is 318 g/mol. The highest BCUT2D eigenvalue weighted by Crippen LogP contribution is 2.33. The van der Waals surface area contributed by atoms with Crippen LogP contribution < -0.4 is 14.2 Å². The van der Waals surface area contributed by atoms with Crippen LogP contribution in [0.25, 0.3) is 0 Å². The summed E-state index contributed by atoms with van der Waals surface area (Å²) in [4.78, 5) is 0. The molecule has 2 rings (SSSR count). The average molecular weight is 343 g/mol. The Morgan fingerprint density at radius 2 is 1.83 bits per heavy atom. The lowest BCUT2D eigenvalue weighted by atomic mass is 9.86. The van der Waals surface area contributed by atoms with E-state index in [-0.39, 0.29) is 12.4 Å². The van der Waals surface area contributed by atoms with Crippen LogP contribution >= 0.6 is 0 Å². The van der Waals surface area contributed by atoms with E-state index in [1.165, 1.54) is 26.4 Å². The Hall–Kier alpha value is -1.47. The molecule has 6 nitrogen and oxygen atoms in total. The Morgan fingerprint density at radius 3 is 2.39 bits per heavy atom. The number of methoxy groups -OCH3 is 2. The van der Waals surface area contributed by atoms with Crippen LogP contribution in [0, 0.1) is 12.8 Å². The highest BCUT2D eigenvalue weighted by Gasteiger charge is 2.18. The van der Waals surface area contributed by atoms with Gasteiger partial charge in [-0.1, -0.05) is 6.42 Å². The molecule has 0 aliphatic heterocycles. The zero-order valence-corrected chi connectivity index (χ0v) is 14.7. The second-order valence-electron chi connectivity index (χ2n) is 5.81. The van der Waals surface area contributed by atoms with Gasteiger partial charge in [0.15, 0.2) is 11.5 Å². The molecule has 1 aliphatic carbocycles. The molecule has 0 spiro atoms. The Morgan fingerprint density at radius 1 is 1.17 bits per heavy atom. The molecular formula is C16H25NO5S. The van der Waals surface area contributed by atoms with E-state index in [1.807, 2.05) is 6.92 Å². The van der Waals surface area contributed by atoms with Crippen molar-refractivity contribution in [2.45, 2.75) is 26.2 Å². The summed E-state index contributed by atoms with van der Waals surface area (Å²) in [5.41, 5.74) is 1.25. The number of ether oxygens (including phenoxy) is 3. The van der Waals surface area contributed by atoms with Gasteiger partial charge in [-0.05, 0) is 37.3 Å². The zero-order chi connectivity index (χ0) is 16.9. The molecule has 0 bridgehead atoms. The number of benzene rings is 1. The molecule has 0 atom stereocenters. The van der Waals surface area contributed by atoms with Crippen molar-refractivity contribution < 1.29 is 22.6 Å². The maximum Gasteiger partial charge on any atom is 0.235 e. The Labute approximate surface area is 138 Å². The fourth-order valence-electron chi connectivity index (χ4n) is 2.39. The summed E-state index contributed by atoms with van der Waals surface area (Å²) in [5.74, 6) is 1.60. The van der Waals surface area contributed by atoms with Crippen LogP contribution in [0.15, 0.2) is 12.1 Å². The Balaban J connectivity index is 1.93. The summed E-state index contributed by atoms with van der Waals surface area (Å²) >= 11 is 0. The molecule has 1 saturated carbocycles. The van der Waals surface area contributed by atoms with Crippen molar-refractivity contribution in [2.24, 2.45) is 5.92 Å². The smallest absolute Gasteiger partial charge is 0.235 e. The van der Waals surface area contributed by atoms with Gasteiger partial charge in [0.05, 0.1) is 32.3 Å². The van der Waals surface area contributed by atoms with Gasteiger partial charge in [0.1, 0.15) is 0 Å². The van der Waals surface area contributed by atoms with E-state index in [2.05, 4.69) is 4.72 Å². The van der Waals surface area contributed by atoms with Crippen LogP contribution in [0.2, 0.25) is 0 Å². The van der Waals surface area contributed by atoms with Crippen molar-refractivity contribution in [1.82, 2.24) is 0 Å². The third-order valence-electron chi connectivity index (χ3n) is 4.07. The standard InChI is InChI=1S/C16H25NO5S/c1-12-9-15(20-2)16(21-3)10-14(12)17-23(18,19)8-7-22-11-13-5-4-6-13/h9-10,13,17H,4-8,11H2,1-3H3. The maximum absolute atomic E-state index is 12.2. The Kier molecular flexibility index (Phi) is 6.12. The number of hydrogen-bond donors (Lipinski definition) is 1. The summed E-state index contributed by atoms with van der Waals surface area (Å²) in [6.45, 7) is 2.68. The van der Waals surface area contributed by atoms with Crippen molar-refractivity contribution >= 4 is 15.7 Å². The van der Waals surface area contributed by atoms with E-state index >= 15 is 0 Å². The second-order valence-corrected chi connectivity index (χ2v) is 7.66. The topological polar surface area (TPSA) is 73.9 Å². The SMILES string of the molecule is COc1cc(C)c(NS(=O)(=O)CCOCC2CCC2)cc1OC. The van der Waals surface area contributed by atoms with Gasteiger partial charge in [0.25, 0.3) is 0 Å². The quantitative estimate of drug-likeness (QED) is 0.698. The van der Waals surface area contributed by atoms with Crippen LogP contribution in [0.1, 0.15) is 24.8 Å². The van der Waals surface area contributed by atoms with E-state index in [0.717, 1.165) is 5.56 Å². The van der Waals surface area contributed by atoms with Crippen molar-refractivity contribution in [3.8, 4) is 11.5 Å². The second kappa shape index (κ2) is 7.88. The predicted octanol–water partition coefficient (Wildman–Crippen LogP) is 2.57. The first kappa shape index (κ1) is 17.9. The van der Waals surface area contributed by atoms with Crippen molar-refractivity contribution in [2.75, 3.05) is 37.9 Å². The normalized spacial score (nSPS) is 15.1. The molecule has 0 aromatic heterocycles. The lowest BCUT2D eigenvalue weighted by molar-refractivity contribution is 0.0800. The monoisotopic (exact) mass is 343 g/mol. The minimum atomic E-state index is -3.46. The molecule has 0 saturated heterocycles. The summed E-state index contributed by atoms with van der Waals surface area (Å²) in [6, 6.07) is 3.37. The minimum absolute atomic E-state index is 0.0620. The summed E-state index contributed by atoms with van der Waals surface area (Å²) in [5, 5.41) is 0. The molecule has 1 aliphatic rings. The van der Waals surface area contributed by atoms with E-state index in [4.69, 9.17) is 14.2 Å². The first-order chi connectivity index (χ1) is 10.9. The van der Waals surface area contributed by atoms with Gasteiger partial charge in [0, 0.05) is 12.7 Å². The van der Waals surface area contributed by atoms with Crippen LogP contribution in [-0.2, 0) is 14.8 Å². The molecule has 1 aromatic carbocycles. The maximum atomic E-state index is 12.2. The molecule has 1 aromatic rings. The number of nitrogens with one attached hydrogen (secondary N) is 1. The highest BCUT2D eigenvalue weighted by atomic mass is 32.2. The summed E-state index contributed by atoms with van der Waals surface area (Å²) in [7, 11) is -0.404. The molecule has 0 unspecified atom stereocenters. The van der Waals surface area contributed by atoms with Gasteiger partial charge in [-0.3, -0.25) is 4.72 Å². The van der Waals surface area contributed by atoms with Gasteiger partial charge in [-0.25, -0.2) is 8.42 Å². The van der Waals surface area contributed by atoms with Crippen molar-refractivity contribution in [1.29, 1.82) is 0 Å². The summed E-state index contributed by atoms with van der Waals surface area (Å²) in [6.07, 6.45) is 3.64. The van der Waals surface area contributed by atoms with Crippen molar-refractivity contribution in [3.63, 3.8) is 0 Å². The van der Waals surface area contributed by atoms with Crippen LogP contribution in [0.3, 0.4) is 0 Å². The molecule has 7 heteroatoms. The largest absolute Gasteiger partial charge is 0.493 e. The number of hydrogen-bond acceptors (Lipinski definition) is 5. The van der Waals surface area contributed by atoms with Gasteiger partial charge in [-0.15, -0.1) is 0 Å².